The molecular formula is C10H21N. The van der Waals surface area contributed by atoms with Gasteiger partial charge in [0.15, 0.2) is 0 Å². The van der Waals surface area contributed by atoms with E-state index in [1.165, 1.54) is 32.1 Å². The van der Waals surface area contributed by atoms with Gasteiger partial charge in [-0.3, -0.25) is 0 Å². The molecule has 0 bridgehead atoms. The van der Waals surface area contributed by atoms with E-state index >= 15 is 0 Å². The lowest BCUT2D eigenvalue weighted by atomic mass is 9.78. The molecule has 0 spiro atoms. The molecule has 0 aromatic heterocycles. The SMILES string of the molecule is CCC(C)C1CCCC(N)C1. The van der Waals surface area contributed by atoms with Crippen LogP contribution in [0.4, 0.5) is 0 Å². The molecule has 3 atom stereocenters. The van der Waals surface area contributed by atoms with Gasteiger partial charge in [-0.15, -0.1) is 0 Å². The molecule has 0 aromatic rings. The summed E-state index contributed by atoms with van der Waals surface area (Å²) in [5.41, 5.74) is 5.92. The van der Waals surface area contributed by atoms with Crippen LogP contribution < -0.4 is 5.73 Å². The van der Waals surface area contributed by atoms with E-state index < -0.39 is 0 Å². The van der Waals surface area contributed by atoms with Crippen molar-refractivity contribution in [1.29, 1.82) is 0 Å². The topological polar surface area (TPSA) is 26.0 Å². The van der Waals surface area contributed by atoms with Crippen molar-refractivity contribution in [3.63, 3.8) is 0 Å². The summed E-state index contributed by atoms with van der Waals surface area (Å²) < 4.78 is 0. The molecule has 1 fully saturated rings. The normalized spacial score (nSPS) is 35.2. The minimum absolute atomic E-state index is 0.503. The number of hydrogen-bond donors (Lipinski definition) is 1. The van der Waals surface area contributed by atoms with Gasteiger partial charge in [0.2, 0.25) is 0 Å². The summed E-state index contributed by atoms with van der Waals surface area (Å²) in [6, 6.07) is 0.503. The zero-order chi connectivity index (χ0) is 8.27. The zero-order valence-corrected chi connectivity index (χ0v) is 7.84. The second-order valence-corrected chi connectivity index (χ2v) is 4.07. The van der Waals surface area contributed by atoms with Crippen molar-refractivity contribution in [1.82, 2.24) is 0 Å². The lowest BCUT2D eigenvalue weighted by molar-refractivity contribution is 0.238. The van der Waals surface area contributed by atoms with Crippen molar-refractivity contribution in [2.75, 3.05) is 0 Å². The Morgan fingerprint density at radius 1 is 1.45 bits per heavy atom. The maximum Gasteiger partial charge on any atom is 0.00415 e. The van der Waals surface area contributed by atoms with Crippen LogP contribution in [0.1, 0.15) is 46.0 Å². The first-order valence-electron chi connectivity index (χ1n) is 4.99. The van der Waals surface area contributed by atoms with Crippen molar-refractivity contribution in [2.24, 2.45) is 17.6 Å². The average molecular weight is 155 g/mol. The third-order valence-corrected chi connectivity index (χ3v) is 3.20. The number of hydrogen-bond acceptors (Lipinski definition) is 1. The van der Waals surface area contributed by atoms with Gasteiger partial charge in [0.1, 0.15) is 0 Å². The molecule has 2 N–H and O–H groups in total. The summed E-state index contributed by atoms with van der Waals surface area (Å²) in [7, 11) is 0. The summed E-state index contributed by atoms with van der Waals surface area (Å²) in [4.78, 5) is 0. The van der Waals surface area contributed by atoms with Crippen LogP contribution >= 0.6 is 0 Å². The maximum atomic E-state index is 5.92. The monoisotopic (exact) mass is 155 g/mol. The predicted octanol–water partition coefficient (Wildman–Crippen LogP) is 2.55. The van der Waals surface area contributed by atoms with Crippen LogP contribution in [-0.4, -0.2) is 6.04 Å². The van der Waals surface area contributed by atoms with Crippen molar-refractivity contribution in [3.8, 4) is 0 Å². The molecule has 1 aliphatic carbocycles. The number of rotatable bonds is 2. The largest absolute Gasteiger partial charge is 0.328 e. The van der Waals surface area contributed by atoms with E-state index in [2.05, 4.69) is 13.8 Å². The fraction of sp³-hybridized carbons (Fsp3) is 1.00. The third kappa shape index (κ3) is 2.48. The Morgan fingerprint density at radius 3 is 2.73 bits per heavy atom. The van der Waals surface area contributed by atoms with E-state index in [0.717, 1.165) is 11.8 Å². The van der Waals surface area contributed by atoms with Crippen LogP contribution in [0.5, 0.6) is 0 Å². The molecule has 0 radical (unpaired) electrons. The van der Waals surface area contributed by atoms with Crippen LogP contribution in [0.15, 0.2) is 0 Å². The second-order valence-electron chi connectivity index (χ2n) is 4.07. The average Bonchev–Trinajstić information content (AvgIpc) is 2.03. The summed E-state index contributed by atoms with van der Waals surface area (Å²) in [5, 5.41) is 0. The first-order chi connectivity index (χ1) is 5.24. The molecule has 0 heterocycles. The van der Waals surface area contributed by atoms with Gasteiger partial charge in [-0.05, 0) is 24.7 Å². The Balaban J connectivity index is 2.33. The van der Waals surface area contributed by atoms with Crippen LogP contribution in [-0.2, 0) is 0 Å². The van der Waals surface area contributed by atoms with E-state index in [-0.39, 0.29) is 0 Å². The lowest BCUT2D eigenvalue weighted by Gasteiger charge is -2.30. The van der Waals surface area contributed by atoms with E-state index in [1.54, 1.807) is 0 Å². The predicted molar refractivity (Wildman–Crippen MR) is 49.4 cm³/mol. The van der Waals surface area contributed by atoms with Crippen LogP contribution in [0.25, 0.3) is 0 Å². The van der Waals surface area contributed by atoms with E-state index in [9.17, 15) is 0 Å². The molecule has 3 unspecified atom stereocenters. The Kier molecular flexibility index (Phi) is 3.38. The van der Waals surface area contributed by atoms with Crippen LogP contribution in [0.3, 0.4) is 0 Å². The van der Waals surface area contributed by atoms with Gasteiger partial charge < -0.3 is 5.73 Å². The highest BCUT2D eigenvalue weighted by Crippen LogP contribution is 2.30. The van der Waals surface area contributed by atoms with E-state index in [0.29, 0.717) is 6.04 Å². The first kappa shape index (κ1) is 9.05. The first-order valence-corrected chi connectivity index (χ1v) is 4.99. The summed E-state index contributed by atoms with van der Waals surface area (Å²) in [5.74, 6) is 1.81. The smallest absolute Gasteiger partial charge is 0.00415 e. The summed E-state index contributed by atoms with van der Waals surface area (Å²) in [6.45, 7) is 4.65. The van der Waals surface area contributed by atoms with E-state index in [1.807, 2.05) is 0 Å². The third-order valence-electron chi connectivity index (χ3n) is 3.20. The minimum Gasteiger partial charge on any atom is -0.328 e. The fourth-order valence-electron chi connectivity index (χ4n) is 2.12. The maximum absolute atomic E-state index is 5.92. The molecular weight excluding hydrogens is 134 g/mol. The van der Waals surface area contributed by atoms with Crippen molar-refractivity contribution < 1.29 is 0 Å². The molecule has 0 aliphatic heterocycles. The van der Waals surface area contributed by atoms with Gasteiger partial charge in [-0.1, -0.05) is 33.1 Å². The molecule has 1 aliphatic rings. The van der Waals surface area contributed by atoms with Crippen molar-refractivity contribution in [3.05, 3.63) is 0 Å². The van der Waals surface area contributed by atoms with E-state index in [4.69, 9.17) is 5.73 Å². The molecule has 0 saturated heterocycles. The standard InChI is InChI=1S/C10H21N/c1-3-8(2)9-5-4-6-10(11)7-9/h8-10H,3-7,11H2,1-2H3. The lowest BCUT2D eigenvalue weighted by Crippen LogP contribution is -2.30. The molecule has 1 nitrogen and oxygen atoms in total. The van der Waals surface area contributed by atoms with Gasteiger partial charge >= 0.3 is 0 Å². The number of nitrogens with two attached hydrogens (primary N) is 1. The minimum atomic E-state index is 0.503. The summed E-state index contributed by atoms with van der Waals surface area (Å²) >= 11 is 0. The van der Waals surface area contributed by atoms with Crippen molar-refractivity contribution >= 4 is 0 Å². The van der Waals surface area contributed by atoms with Gasteiger partial charge in [0.25, 0.3) is 0 Å². The van der Waals surface area contributed by atoms with Gasteiger partial charge in [0.05, 0.1) is 0 Å². The molecule has 0 amide bonds. The molecule has 1 saturated carbocycles. The second kappa shape index (κ2) is 4.10. The molecule has 1 heteroatoms. The Bertz CT molecular complexity index is 111. The highest BCUT2D eigenvalue weighted by Gasteiger charge is 2.22. The van der Waals surface area contributed by atoms with Crippen LogP contribution in [0, 0.1) is 11.8 Å². The van der Waals surface area contributed by atoms with Gasteiger partial charge in [-0.2, -0.15) is 0 Å². The van der Waals surface area contributed by atoms with Gasteiger partial charge in [0, 0.05) is 6.04 Å². The fourth-order valence-corrected chi connectivity index (χ4v) is 2.12. The highest BCUT2D eigenvalue weighted by atomic mass is 14.6. The molecule has 11 heavy (non-hydrogen) atoms. The Hall–Kier alpha value is -0.0400. The van der Waals surface area contributed by atoms with Crippen LogP contribution in [0.2, 0.25) is 0 Å². The highest BCUT2D eigenvalue weighted by molar-refractivity contribution is 4.77. The Labute approximate surface area is 70.4 Å². The summed E-state index contributed by atoms with van der Waals surface area (Å²) in [6.07, 6.45) is 6.62. The molecule has 0 aromatic carbocycles. The zero-order valence-electron chi connectivity index (χ0n) is 7.84. The Morgan fingerprint density at radius 2 is 2.18 bits per heavy atom. The molecule has 66 valence electrons. The molecule has 1 rings (SSSR count). The van der Waals surface area contributed by atoms with Crippen molar-refractivity contribution in [2.45, 2.75) is 52.0 Å². The quantitative estimate of drug-likeness (QED) is 0.651. The van der Waals surface area contributed by atoms with Gasteiger partial charge in [-0.25, -0.2) is 0 Å².